The van der Waals surface area contributed by atoms with E-state index in [0.717, 1.165) is 0 Å². The molecule has 0 aliphatic carbocycles. The van der Waals surface area contributed by atoms with Crippen LogP contribution in [0.4, 0.5) is 0 Å². The van der Waals surface area contributed by atoms with Crippen molar-refractivity contribution in [3.63, 3.8) is 0 Å². The van der Waals surface area contributed by atoms with Gasteiger partial charge in [0.05, 0.1) is 4.47 Å². The molecule has 1 aromatic heterocycles. The summed E-state index contributed by atoms with van der Waals surface area (Å²) in [7, 11) is 0. The molecule has 14 heavy (non-hydrogen) atoms. The van der Waals surface area contributed by atoms with Gasteiger partial charge < -0.3 is 15.2 Å². The van der Waals surface area contributed by atoms with Crippen LogP contribution >= 0.6 is 15.9 Å². The molecular formula is C9H6BrNO3. The largest absolute Gasteiger partial charge is 0.507 e. The van der Waals surface area contributed by atoms with Crippen LogP contribution in [0.2, 0.25) is 0 Å². The number of aromatic hydroxyl groups is 1. The summed E-state index contributed by atoms with van der Waals surface area (Å²) < 4.78 is 0.531. The van der Waals surface area contributed by atoms with Crippen molar-refractivity contribution in [3.05, 3.63) is 28.4 Å². The summed E-state index contributed by atoms with van der Waals surface area (Å²) >= 11 is 3.15. The molecule has 0 unspecified atom stereocenters. The Morgan fingerprint density at radius 1 is 1.36 bits per heavy atom. The number of hydrogen-bond acceptors (Lipinski definition) is 2. The van der Waals surface area contributed by atoms with Gasteiger partial charge in [0.2, 0.25) is 0 Å². The van der Waals surface area contributed by atoms with Crippen molar-refractivity contribution < 1.29 is 15.0 Å². The van der Waals surface area contributed by atoms with Crippen LogP contribution in [0.3, 0.4) is 0 Å². The van der Waals surface area contributed by atoms with E-state index in [1.54, 1.807) is 6.07 Å². The molecule has 1 aromatic carbocycles. The number of carboxylic acid groups (broad SMARTS) is 1. The van der Waals surface area contributed by atoms with Crippen molar-refractivity contribution in [2.45, 2.75) is 0 Å². The van der Waals surface area contributed by atoms with Crippen molar-refractivity contribution in [3.8, 4) is 5.75 Å². The maximum Gasteiger partial charge on any atom is 0.352 e. The molecule has 0 spiro atoms. The van der Waals surface area contributed by atoms with E-state index in [0.29, 0.717) is 15.4 Å². The summed E-state index contributed by atoms with van der Waals surface area (Å²) in [6.07, 6.45) is 0. The van der Waals surface area contributed by atoms with E-state index >= 15 is 0 Å². The zero-order valence-electron chi connectivity index (χ0n) is 6.91. The lowest BCUT2D eigenvalue weighted by atomic mass is 10.2. The van der Waals surface area contributed by atoms with Crippen molar-refractivity contribution >= 4 is 32.8 Å². The van der Waals surface area contributed by atoms with Crippen LogP contribution in [-0.4, -0.2) is 21.2 Å². The summed E-state index contributed by atoms with van der Waals surface area (Å²) in [5.41, 5.74) is 0.782. The average Bonchev–Trinajstić information content (AvgIpc) is 2.48. The van der Waals surface area contributed by atoms with Gasteiger partial charge in [0.15, 0.2) is 0 Å². The molecule has 0 aliphatic rings. The molecule has 2 rings (SSSR count). The second-order valence-corrected chi connectivity index (χ2v) is 3.73. The minimum atomic E-state index is -1.02. The zero-order chi connectivity index (χ0) is 10.3. The Morgan fingerprint density at radius 3 is 2.71 bits per heavy atom. The predicted molar refractivity (Wildman–Crippen MR) is 54.6 cm³/mol. The number of aromatic carboxylic acids is 1. The Balaban J connectivity index is 2.72. The van der Waals surface area contributed by atoms with Crippen LogP contribution in [0.25, 0.3) is 10.9 Å². The molecule has 5 heteroatoms. The summed E-state index contributed by atoms with van der Waals surface area (Å²) in [5, 5.41) is 18.7. The van der Waals surface area contributed by atoms with Crippen LogP contribution in [0.15, 0.2) is 22.7 Å². The fourth-order valence-electron chi connectivity index (χ4n) is 1.26. The Morgan fingerprint density at radius 2 is 2.07 bits per heavy atom. The highest BCUT2D eigenvalue weighted by molar-refractivity contribution is 9.10. The molecule has 0 bridgehead atoms. The topological polar surface area (TPSA) is 73.3 Å². The van der Waals surface area contributed by atoms with Gasteiger partial charge in [-0.15, -0.1) is 0 Å². The van der Waals surface area contributed by atoms with E-state index in [4.69, 9.17) is 5.11 Å². The SMILES string of the molecule is O=C(O)c1cc2cc(O)c(Br)cc2[nH]1. The van der Waals surface area contributed by atoms with Crippen LogP contribution < -0.4 is 0 Å². The molecule has 72 valence electrons. The molecule has 0 aliphatic heterocycles. The van der Waals surface area contributed by atoms with Gasteiger partial charge in [-0.1, -0.05) is 0 Å². The second-order valence-electron chi connectivity index (χ2n) is 2.88. The molecule has 0 saturated carbocycles. The fourth-order valence-corrected chi connectivity index (χ4v) is 1.60. The Bertz CT molecular complexity index is 479. The van der Waals surface area contributed by atoms with E-state index in [1.165, 1.54) is 12.1 Å². The van der Waals surface area contributed by atoms with Gasteiger partial charge in [-0.25, -0.2) is 4.79 Å². The third-order valence-corrected chi connectivity index (χ3v) is 2.55. The highest BCUT2D eigenvalue weighted by Gasteiger charge is 2.09. The van der Waals surface area contributed by atoms with Crippen LogP contribution in [-0.2, 0) is 0 Å². The lowest BCUT2D eigenvalue weighted by Crippen LogP contribution is -1.94. The van der Waals surface area contributed by atoms with Crippen LogP contribution in [0.1, 0.15) is 10.5 Å². The smallest absolute Gasteiger partial charge is 0.352 e. The average molecular weight is 256 g/mol. The molecule has 0 radical (unpaired) electrons. The Kier molecular flexibility index (Phi) is 1.96. The zero-order valence-corrected chi connectivity index (χ0v) is 8.50. The van der Waals surface area contributed by atoms with E-state index in [-0.39, 0.29) is 11.4 Å². The fraction of sp³-hybridized carbons (Fsp3) is 0. The van der Waals surface area contributed by atoms with Gasteiger partial charge >= 0.3 is 5.97 Å². The van der Waals surface area contributed by atoms with E-state index in [1.807, 2.05) is 0 Å². The van der Waals surface area contributed by atoms with Gasteiger partial charge in [0, 0.05) is 10.9 Å². The first kappa shape index (κ1) is 9.08. The summed E-state index contributed by atoms with van der Waals surface area (Å²) in [6.45, 7) is 0. The molecule has 4 nitrogen and oxygen atoms in total. The number of aromatic nitrogens is 1. The summed E-state index contributed by atoms with van der Waals surface area (Å²) in [5.74, 6) is -0.926. The van der Waals surface area contributed by atoms with E-state index in [2.05, 4.69) is 20.9 Å². The summed E-state index contributed by atoms with van der Waals surface area (Å²) in [6, 6.07) is 4.61. The molecule has 2 aromatic rings. The normalized spacial score (nSPS) is 10.6. The number of nitrogens with one attached hydrogen (secondary N) is 1. The summed E-state index contributed by atoms with van der Waals surface area (Å²) in [4.78, 5) is 13.4. The maximum absolute atomic E-state index is 10.6. The third-order valence-electron chi connectivity index (χ3n) is 1.92. The molecule has 1 heterocycles. The van der Waals surface area contributed by atoms with Gasteiger partial charge in [0.1, 0.15) is 11.4 Å². The first-order chi connectivity index (χ1) is 6.58. The number of aromatic amines is 1. The number of halogens is 1. The Hall–Kier alpha value is -1.49. The Labute approximate surface area is 87.3 Å². The number of H-pyrrole nitrogens is 1. The molecule has 0 fully saturated rings. The lowest BCUT2D eigenvalue weighted by molar-refractivity contribution is 0.0691. The van der Waals surface area contributed by atoms with E-state index in [9.17, 15) is 9.90 Å². The second kappa shape index (κ2) is 3.02. The highest BCUT2D eigenvalue weighted by atomic mass is 79.9. The molecule has 0 atom stereocenters. The first-order valence-electron chi connectivity index (χ1n) is 3.82. The minimum absolute atomic E-state index is 0.0911. The number of carboxylic acids is 1. The van der Waals surface area contributed by atoms with Gasteiger partial charge in [-0.2, -0.15) is 0 Å². The number of rotatable bonds is 1. The number of carbonyl (C=O) groups is 1. The first-order valence-corrected chi connectivity index (χ1v) is 4.62. The van der Waals surface area contributed by atoms with Crippen LogP contribution in [0, 0.1) is 0 Å². The van der Waals surface area contributed by atoms with Gasteiger partial charge in [0.25, 0.3) is 0 Å². The van der Waals surface area contributed by atoms with Crippen molar-refractivity contribution in [1.82, 2.24) is 4.98 Å². The molecule has 0 amide bonds. The quantitative estimate of drug-likeness (QED) is 0.733. The number of benzene rings is 1. The molecular weight excluding hydrogens is 250 g/mol. The van der Waals surface area contributed by atoms with Crippen molar-refractivity contribution in [2.75, 3.05) is 0 Å². The van der Waals surface area contributed by atoms with Crippen LogP contribution in [0.5, 0.6) is 5.75 Å². The molecule has 3 N–H and O–H groups in total. The predicted octanol–water partition coefficient (Wildman–Crippen LogP) is 2.33. The number of phenols is 1. The number of hydrogen-bond donors (Lipinski definition) is 3. The van der Waals surface area contributed by atoms with Gasteiger partial charge in [-0.3, -0.25) is 0 Å². The highest BCUT2D eigenvalue weighted by Crippen LogP contribution is 2.29. The van der Waals surface area contributed by atoms with Crippen molar-refractivity contribution in [1.29, 1.82) is 0 Å². The standard InChI is InChI=1S/C9H6BrNO3/c10-5-3-6-4(2-8(5)12)1-7(11-6)9(13)14/h1-3,11-12H,(H,13,14). The van der Waals surface area contributed by atoms with E-state index < -0.39 is 5.97 Å². The maximum atomic E-state index is 10.6. The number of phenolic OH excluding ortho intramolecular Hbond substituents is 1. The third kappa shape index (κ3) is 1.35. The number of fused-ring (bicyclic) bond motifs is 1. The monoisotopic (exact) mass is 255 g/mol. The van der Waals surface area contributed by atoms with Crippen molar-refractivity contribution in [2.24, 2.45) is 0 Å². The minimum Gasteiger partial charge on any atom is -0.507 e. The lowest BCUT2D eigenvalue weighted by Gasteiger charge is -1.95. The molecule has 0 saturated heterocycles. The van der Waals surface area contributed by atoms with Gasteiger partial charge in [-0.05, 0) is 34.1 Å².